The highest BCUT2D eigenvalue weighted by atomic mass is 16.5. The lowest BCUT2D eigenvalue weighted by molar-refractivity contribution is 0.255. The van der Waals surface area contributed by atoms with Gasteiger partial charge in [0.05, 0.1) is 0 Å². The van der Waals surface area contributed by atoms with Crippen molar-refractivity contribution in [3.05, 3.63) is 23.8 Å². The van der Waals surface area contributed by atoms with E-state index >= 15 is 0 Å². The van der Waals surface area contributed by atoms with Crippen molar-refractivity contribution in [1.82, 2.24) is 25.4 Å². The van der Waals surface area contributed by atoms with Gasteiger partial charge < -0.3 is 9.84 Å². The number of aromatic nitrogens is 4. The van der Waals surface area contributed by atoms with Gasteiger partial charge in [0.2, 0.25) is 17.5 Å². The molecular weight excluding hydrogens is 254 g/mol. The Morgan fingerprint density at radius 2 is 1.85 bits per heavy atom. The molecular formula is C14H21N5O. The molecule has 1 atom stereocenters. The summed E-state index contributed by atoms with van der Waals surface area (Å²) in [6, 6.07) is 0.259. The third kappa shape index (κ3) is 3.39. The van der Waals surface area contributed by atoms with E-state index in [1.807, 2.05) is 14.0 Å². The van der Waals surface area contributed by atoms with Crippen LogP contribution in [0.4, 0.5) is 0 Å². The summed E-state index contributed by atoms with van der Waals surface area (Å²) < 4.78 is 5.30. The smallest absolute Gasteiger partial charge is 0.240 e. The van der Waals surface area contributed by atoms with Gasteiger partial charge in [0.1, 0.15) is 0 Å². The molecule has 0 radical (unpaired) electrons. The minimum Gasteiger partial charge on any atom is -0.339 e. The van der Waals surface area contributed by atoms with Crippen LogP contribution in [0.2, 0.25) is 0 Å². The van der Waals surface area contributed by atoms with Crippen LogP contribution in [0, 0.1) is 12.3 Å². The third-order valence-corrected chi connectivity index (χ3v) is 3.22. The predicted octanol–water partition coefficient (Wildman–Crippen LogP) is 2.01. The van der Waals surface area contributed by atoms with Gasteiger partial charge in [0.25, 0.3) is 0 Å². The number of aryl methyl sites for hydroxylation is 1. The lowest BCUT2D eigenvalue weighted by Gasteiger charge is -2.29. The molecule has 0 aromatic carbocycles. The number of nitrogens with one attached hydrogen (secondary N) is 1. The molecule has 1 unspecified atom stereocenters. The maximum Gasteiger partial charge on any atom is 0.240 e. The van der Waals surface area contributed by atoms with E-state index in [2.05, 4.69) is 46.2 Å². The van der Waals surface area contributed by atoms with Crippen LogP contribution >= 0.6 is 0 Å². The average molecular weight is 275 g/mol. The fraction of sp³-hybridized carbons (Fsp3) is 0.571. The SMILES string of the molecule is CNC(Cc1nc(-c2ncc(C)cn2)no1)C(C)(C)C. The second-order valence-corrected chi connectivity index (χ2v) is 6.01. The van der Waals surface area contributed by atoms with E-state index in [1.54, 1.807) is 12.4 Å². The first-order valence-electron chi connectivity index (χ1n) is 6.69. The van der Waals surface area contributed by atoms with Crippen molar-refractivity contribution in [2.45, 2.75) is 40.2 Å². The maximum absolute atomic E-state index is 5.30. The second kappa shape index (κ2) is 5.66. The predicted molar refractivity (Wildman–Crippen MR) is 76.1 cm³/mol. The van der Waals surface area contributed by atoms with Crippen molar-refractivity contribution in [1.29, 1.82) is 0 Å². The highest BCUT2D eigenvalue weighted by molar-refractivity contribution is 5.40. The van der Waals surface area contributed by atoms with Gasteiger partial charge in [0.15, 0.2) is 0 Å². The lowest BCUT2D eigenvalue weighted by atomic mass is 9.85. The molecule has 0 amide bonds. The molecule has 6 nitrogen and oxygen atoms in total. The maximum atomic E-state index is 5.30. The molecule has 0 saturated heterocycles. The molecule has 2 aromatic heterocycles. The van der Waals surface area contributed by atoms with Crippen LogP contribution in [0.5, 0.6) is 0 Å². The van der Waals surface area contributed by atoms with Crippen molar-refractivity contribution >= 4 is 0 Å². The zero-order valence-corrected chi connectivity index (χ0v) is 12.6. The Bertz CT molecular complexity index is 556. The molecule has 108 valence electrons. The molecule has 0 aliphatic carbocycles. The fourth-order valence-corrected chi connectivity index (χ4v) is 1.95. The van der Waals surface area contributed by atoms with Crippen LogP contribution in [0.3, 0.4) is 0 Å². The van der Waals surface area contributed by atoms with Gasteiger partial charge in [-0.2, -0.15) is 4.98 Å². The molecule has 2 heterocycles. The Kier molecular flexibility index (Phi) is 4.13. The summed E-state index contributed by atoms with van der Waals surface area (Å²) in [6.45, 7) is 8.46. The first kappa shape index (κ1) is 14.6. The standard InChI is InChI=1S/C14H21N5O/c1-9-7-16-12(17-8-9)13-18-11(20-19-13)6-10(15-5)14(2,3)4/h7-8,10,15H,6H2,1-5H3. The van der Waals surface area contributed by atoms with Gasteiger partial charge in [-0.15, -0.1) is 0 Å². The quantitative estimate of drug-likeness (QED) is 0.919. The van der Waals surface area contributed by atoms with E-state index < -0.39 is 0 Å². The molecule has 0 spiro atoms. The normalized spacial score (nSPS) is 13.4. The van der Waals surface area contributed by atoms with Crippen molar-refractivity contribution in [3.8, 4) is 11.6 Å². The van der Waals surface area contributed by atoms with Crippen molar-refractivity contribution in [2.75, 3.05) is 7.05 Å². The van der Waals surface area contributed by atoms with Gasteiger partial charge in [-0.05, 0) is 24.9 Å². The molecule has 0 aliphatic heterocycles. The summed E-state index contributed by atoms with van der Waals surface area (Å²) in [5.74, 6) is 1.52. The van der Waals surface area contributed by atoms with E-state index in [0.29, 0.717) is 24.0 Å². The largest absolute Gasteiger partial charge is 0.339 e. The van der Waals surface area contributed by atoms with Crippen LogP contribution in [0.25, 0.3) is 11.6 Å². The summed E-state index contributed by atoms with van der Waals surface area (Å²) in [5.41, 5.74) is 1.12. The Morgan fingerprint density at radius 1 is 1.20 bits per heavy atom. The Morgan fingerprint density at radius 3 is 2.40 bits per heavy atom. The zero-order valence-electron chi connectivity index (χ0n) is 12.6. The number of rotatable bonds is 4. The number of hydrogen-bond donors (Lipinski definition) is 1. The van der Waals surface area contributed by atoms with Crippen LogP contribution < -0.4 is 5.32 Å². The van der Waals surface area contributed by atoms with Gasteiger partial charge >= 0.3 is 0 Å². The Hall–Kier alpha value is -1.82. The minimum absolute atomic E-state index is 0.115. The van der Waals surface area contributed by atoms with E-state index in [1.165, 1.54) is 0 Å². The lowest BCUT2D eigenvalue weighted by Crippen LogP contribution is -2.39. The van der Waals surface area contributed by atoms with Crippen LogP contribution in [0.15, 0.2) is 16.9 Å². The summed E-state index contributed by atoms with van der Waals surface area (Å²) in [5, 5.41) is 7.23. The molecule has 0 saturated carbocycles. The van der Waals surface area contributed by atoms with E-state index in [4.69, 9.17) is 4.52 Å². The summed E-state index contributed by atoms with van der Waals surface area (Å²) in [7, 11) is 1.94. The zero-order chi connectivity index (χ0) is 14.8. The van der Waals surface area contributed by atoms with E-state index in [-0.39, 0.29) is 11.5 Å². The summed E-state index contributed by atoms with van der Waals surface area (Å²) >= 11 is 0. The molecule has 0 aliphatic rings. The Balaban J connectivity index is 2.15. The number of likely N-dealkylation sites (N-methyl/N-ethyl adjacent to an activating group) is 1. The second-order valence-electron chi connectivity index (χ2n) is 6.01. The fourth-order valence-electron chi connectivity index (χ4n) is 1.95. The summed E-state index contributed by atoms with van der Waals surface area (Å²) in [4.78, 5) is 12.8. The van der Waals surface area contributed by atoms with Crippen molar-refractivity contribution < 1.29 is 4.52 Å². The van der Waals surface area contributed by atoms with Crippen LogP contribution in [-0.2, 0) is 6.42 Å². The Labute approximate surface area is 119 Å². The van der Waals surface area contributed by atoms with E-state index in [9.17, 15) is 0 Å². The van der Waals surface area contributed by atoms with Gasteiger partial charge in [0, 0.05) is 24.9 Å². The van der Waals surface area contributed by atoms with Gasteiger partial charge in [-0.3, -0.25) is 0 Å². The average Bonchev–Trinajstić information content (AvgIpc) is 2.84. The molecule has 2 aromatic rings. The van der Waals surface area contributed by atoms with Crippen molar-refractivity contribution in [3.63, 3.8) is 0 Å². The minimum atomic E-state index is 0.115. The number of nitrogens with zero attached hydrogens (tertiary/aromatic N) is 4. The van der Waals surface area contributed by atoms with Crippen LogP contribution in [-0.4, -0.2) is 33.2 Å². The molecule has 1 N–H and O–H groups in total. The molecule has 0 bridgehead atoms. The molecule has 2 rings (SSSR count). The molecule has 6 heteroatoms. The van der Waals surface area contributed by atoms with Crippen LogP contribution in [0.1, 0.15) is 32.2 Å². The highest BCUT2D eigenvalue weighted by Gasteiger charge is 2.25. The molecule has 0 fully saturated rings. The monoisotopic (exact) mass is 275 g/mol. The topological polar surface area (TPSA) is 76.7 Å². The first-order valence-corrected chi connectivity index (χ1v) is 6.69. The van der Waals surface area contributed by atoms with E-state index in [0.717, 1.165) is 5.56 Å². The van der Waals surface area contributed by atoms with Gasteiger partial charge in [-0.1, -0.05) is 25.9 Å². The van der Waals surface area contributed by atoms with Crippen molar-refractivity contribution in [2.24, 2.45) is 5.41 Å². The van der Waals surface area contributed by atoms with Gasteiger partial charge in [-0.25, -0.2) is 9.97 Å². The molecule has 20 heavy (non-hydrogen) atoms. The highest BCUT2D eigenvalue weighted by Crippen LogP contribution is 2.22. The summed E-state index contributed by atoms with van der Waals surface area (Å²) in [6.07, 6.45) is 4.16. The first-order chi connectivity index (χ1) is 9.40. The number of hydrogen-bond acceptors (Lipinski definition) is 6. The third-order valence-electron chi connectivity index (χ3n) is 3.22.